The number of halogens is 1. The van der Waals surface area contributed by atoms with Crippen molar-refractivity contribution in [2.45, 2.75) is 13.3 Å². The maximum atomic E-state index is 13.0. The highest BCUT2D eigenvalue weighted by atomic mass is 19.1. The summed E-state index contributed by atoms with van der Waals surface area (Å²) in [7, 11) is 0. The van der Waals surface area contributed by atoms with Crippen LogP contribution in [0.5, 0.6) is 0 Å². The van der Waals surface area contributed by atoms with Gasteiger partial charge in [-0.1, -0.05) is 0 Å². The van der Waals surface area contributed by atoms with Crippen molar-refractivity contribution in [3.8, 4) is 0 Å². The Hall–Kier alpha value is -2.70. The number of aliphatic imine (C=N–C) groups is 1. The summed E-state index contributed by atoms with van der Waals surface area (Å²) in [4.78, 5) is 17.3. The number of rotatable bonds is 4. The van der Waals surface area contributed by atoms with Crippen LogP contribution in [-0.4, -0.2) is 53.6 Å². The average Bonchev–Trinajstić information content (AvgIpc) is 2.64. The van der Waals surface area contributed by atoms with Crippen molar-refractivity contribution in [1.82, 2.24) is 14.9 Å². The maximum absolute atomic E-state index is 13.0. The number of nitrogens with two attached hydrogens (primary N) is 1. The van der Waals surface area contributed by atoms with Crippen molar-refractivity contribution in [2.75, 3.05) is 37.6 Å². The van der Waals surface area contributed by atoms with Crippen molar-refractivity contribution in [3.05, 3.63) is 53.9 Å². The topological polar surface area (TPSA) is 70.6 Å². The molecule has 0 atom stereocenters. The van der Waals surface area contributed by atoms with Crippen LogP contribution in [-0.2, 0) is 6.42 Å². The van der Waals surface area contributed by atoms with Gasteiger partial charge in [-0.3, -0.25) is 15.0 Å². The Morgan fingerprint density at radius 1 is 1.12 bits per heavy atom. The highest BCUT2D eigenvalue weighted by molar-refractivity contribution is 5.78. The van der Waals surface area contributed by atoms with Gasteiger partial charge in [0.1, 0.15) is 5.82 Å². The molecule has 6 nitrogen and oxygen atoms in total. The van der Waals surface area contributed by atoms with Gasteiger partial charge in [0.25, 0.3) is 0 Å². The van der Waals surface area contributed by atoms with Gasteiger partial charge < -0.3 is 15.5 Å². The first-order valence-corrected chi connectivity index (χ1v) is 8.45. The summed E-state index contributed by atoms with van der Waals surface area (Å²) >= 11 is 0. The molecule has 1 aromatic carbocycles. The largest absolute Gasteiger partial charge is 0.370 e. The summed E-state index contributed by atoms with van der Waals surface area (Å²) in [6.07, 6.45) is 4.27. The predicted molar refractivity (Wildman–Crippen MR) is 97.1 cm³/mol. The van der Waals surface area contributed by atoms with Crippen LogP contribution in [0, 0.1) is 12.7 Å². The number of hydrogen-bond donors (Lipinski definition) is 1. The molecular formula is C18H23FN6. The molecule has 0 spiro atoms. The van der Waals surface area contributed by atoms with Crippen molar-refractivity contribution >= 4 is 11.6 Å². The Morgan fingerprint density at radius 3 is 2.48 bits per heavy atom. The van der Waals surface area contributed by atoms with E-state index in [1.165, 1.54) is 12.1 Å². The Bertz CT molecular complexity index is 705. The zero-order chi connectivity index (χ0) is 17.6. The average molecular weight is 342 g/mol. The molecule has 2 heterocycles. The fourth-order valence-electron chi connectivity index (χ4n) is 2.78. The smallest absolute Gasteiger partial charge is 0.191 e. The van der Waals surface area contributed by atoms with Gasteiger partial charge in [-0.15, -0.1) is 0 Å². The Balaban J connectivity index is 1.48. The Kier molecular flexibility index (Phi) is 5.42. The van der Waals surface area contributed by atoms with Gasteiger partial charge in [0.2, 0.25) is 0 Å². The first-order chi connectivity index (χ1) is 12.1. The fraction of sp³-hybridized carbons (Fsp3) is 0.389. The normalized spacial score (nSPS) is 15.5. The fourth-order valence-corrected chi connectivity index (χ4v) is 2.78. The van der Waals surface area contributed by atoms with E-state index >= 15 is 0 Å². The summed E-state index contributed by atoms with van der Waals surface area (Å²) < 4.78 is 13.0. The lowest BCUT2D eigenvalue weighted by molar-refractivity contribution is 0.381. The minimum atomic E-state index is -0.211. The van der Waals surface area contributed by atoms with E-state index in [1.807, 2.05) is 19.1 Å². The summed E-state index contributed by atoms with van der Waals surface area (Å²) in [5.41, 5.74) is 8.98. The van der Waals surface area contributed by atoms with Crippen LogP contribution in [0.15, 0.2) is 41.7 Å². The molecule has 2 aromatic rings. The molecule has 1 aliphatic rings. The van der Waals surface area contributed by atoms with Gasteiger partial charge in [0, 0.05) is 57.2 Å². The molecule has 0 amide bonds. The third-order valence-electron chi connectivity index (χ3n) is 4.27. The second kappa shape index (κ2) is 7.92. The molecule has 1 saturated heterocycles. The first-order valence-electron chi connectivity index (χ1n) is 8.45. The van der Waals surface area contributed by atoms with Gasteiger partial charge in [0.05, 0.1) is 11.4 Å². The van der Waals surface area contributed by atoms with Crippen LogP contribution in [0.1, 0.15) is 11.4 Å². The molecule has 2 N–H and O–H groups in total. The molecule has 0 aliphatic carbocycles. The summed E-state index contributed by atoms with van der Waals surface area (Å²) in [5.74, 6) is 0.357. The van der Waals surface area contributed by atoms with Crippen LogP contribution >= 0.6 is 0 Å². The van der Waals surface area contributed by atoms with E-state index in [-0.39, 0.29) is 5.82 Å². The quantitative estimate of drug-likeness (QED) is 0.675. The lowest BCUT2D eigenvalue weighted by atomic mass is 10.2. The molecular weight excluding hydrogens is 319 g/mol. The summed E-state index contributed by atoms with van der Waals surface area (Å²) in [6, 6.07) is 6.60. The maximum Gasteiger partial charge on any atom is 0.191 e. The number of piperazine rings is 1. The molecule has 7 heteroatoms. The second-order valence-electron chi connectivity index (χ2n) is 6.09. The highest BCUT2D eigenvalue weighted by Crippen LogP contribution is 2.16. The number of benzene rings is 1. The molecule has 0 saturated carbocycles. The van der Waals surface area contributed by atoms with Crippen LogP contribution in [0.3, 0.4) is 0 Å². The zero-order valence-electron chi connectivity index (χ0n) is 14.4. The first kappa shape index (κ1) is 17.1. The van der Waals surface area contributed by atoms with E-state index in [1.54, 1.807) is 12.4 Å². The molecule has 1 aliphatic heterocycles. The molecule has 0 radical (unpaired) electrons. The van der Waals surface area contributed by atoms with Crippen molar-refractivity contribution < 1.29 is 4.39 Å². The SMILES string of the molecule is Cc1cnc(CCN=C(N)N2CCN(c3ccc(F)cc3)CC2)cn1. The van der Waals surface area contributed by atoms with Crippen molar-refractivity contribution in [1.29, 1.82) is 0 Å². The monoisotopic (exact) mass is 342 g/mol. The van der Waals surface area contributed by atoms with Crippen LogP contribution in [0.25, 0.3) is 0 Å². The van der Waals surface area contributed by atoms with Crippen molar-refractivity contribution in [2.24, 2.45) is 10.7 Å². The lowest BCUT2D eigenvalue weighted by Gasteiger charge is -2.36. The molecule has 0 bridgehead atoms. The van der Waals surface area contributed by atoms with Gasteiger partial charge in [-0.25, -0.2) is 4.39 Å². The summed E-state index contributed by atoms with van der Waals surface area (Å²) in [5, 5.41) is 0. The zero-order valence-corrected chi connectivity index (χ0v) is 14.4. The van der Waals surface area contributed by atoms with Gasteiger partial charge >= 0.3 is 0 Å². The van der Waals surface area contributed by atoms with E-state index in [0.717, 1.165) is 49.7 Å². The lowest BCUT2D eigenvalue weighted by Crippen LogP contribution is -2.51. The van der Waals surface area contributed by atoms with E-state index in [2.05, 4.69) is 24.8 Å². The van der Waals surface area contributed by atoms with Gasteiger partial charge in [-0.2, -0.15) is 0 Å². The highest BCUT2D eigenvalue weighted by Gasteiger charge is 2.18. The Morgan fingerprint density at radius 2 is 1.84 bits per heavy atom. The molecule has 0 unspecified atom stereocenters. The van der Waals surface area contributed by atoms with Crippen LogP contribution in [0.4, 0.5) is 10.1 Å². The molecule has 25 heavy (non-hydrogen) atoms. The minimum absolute atomic E-state index is 0.211. The van der Waals surface area contributed by atoms with Crippen LogP contribution < -0.4 is 10.6 Å². The van der Waals surface area contributed by atoms with Gasteiger partial charge in [0.15, 0.2) is 5.96 Å². The predicted octanol–water partition coefficient (Wildman–Crippen LogP) is 1.60. The minimum Gasteiger partial charge on any atom is -0.370 e. The number of anilines is 1. The number of nitrogens with zero attached hydrogens (tertiary/aromatic N) is 5. The van der Waals surface area contributed by atoms with E-state index in [4.69, 9.17) is 5.73 Å². The van der Waals surface area contributed by atoms with Crippen LogP contribution in [0.2, 0.25) is 0 Å². The number of aromatic nitrogens is 2. The molecule has 1 aromatic heterocycles. The molecule has 3 rings (SSSR count). The van der Waals surface area contributed by atoms with E-state index in [9.17, 15) is 4.39 Å². The third-order valence-corrected chi connectivity index (χ3v) is 4.27. The molecule has 132 valence electrons. The second-order valence-corrected chi connectivity index (χ2v) is 6.09. The number of aryl methyl sites for hydroxylation is 1. The Labute approximate surface area is 147 Å². The van der Waals surface area contributed by atoms with E-state index in [0.29, 0.717) is 12.5 Å². The summed E-state index contributed by atoms with van der Waals surface area (Å²) in [6.45, 7) is 5.80. The number of guanidine groups is 1. The third kappa shape index (κ3) is 4.65. The van der Waals surface area contributed by atoms with Crippen molar-refractivity contribution in [3.63, 3.8) is 0 Å². The standard InChI is InChI=1S/C18H23FN6/c1-14-12-23-16(13-22-14)6-7-21-18(20)25-10-8-24(9-11-25)17-4-2-15(19)3-5-17/h2-5,12-13H,6-11H2,1H3,(H2,20,21). The molecule has 1 fully saturated rings. The number of hydrogen-bond acceptors (Lipinski definition) is 4. The van der Waals surface area contributed by atoms with E-state index < -0.39 is 0 Å². The van der Waals surface area contributed by atoms with Gasteiger partial charge in [-0.05, 0) is 31.2 Å².